The number of alkyl halides is 1. The molecule has 0 atom stereocenters. The van der Waals surface area contributed by atoms with Gasteiger partial charge in [0.2, 0.25) is 0 Å². The molecular formula is C8H8AcBrN2O2-. The summed E-state index contributed by atoms with van der Waals surface area (Å²) in [7, 11) is 0. The first kappa shape index (κ1) is 14.5. The number of benzene rings is 1. The summed E-state index contributed by atoms with van der Waals surface area (Å²) in [6, 6.07) is 4.86. The van der Waals surface area contributed by atoms with Crippen LogP contribution in [0.1, 0.15) is 11.1 Å². The topological polar surface area (TPSA) is 66.9 Å². The van der Waals surface area contributed by atoms with Crippen LogP contribution >= 0.6 is 15.9 Å². The first-order chi connectivity index (χ1) is 6.19. The summed E-state index contributed by atoms with van der Waals surface area (Å²) in [4.78, 5) is 10.2. The van der Waals surface area contributed by atoms with Crippen LogP contribution in [0.25, 0.3) is 5.73 Å². The Hall–Kier alpha value is 0.502. The van der Waals surface area contributed by atoms with Gasteiger partial charge in [-0.1, -0.05) is 33.6 Å². The molecule has 1 aromatic rings. The van der Waals surface area contributed by atoms with Crippen molar-refractivity contribution in [1.29, 1.82) is 0 Å². The molecule has 0 aromatic heterocycles. The summed E-state index contributed by atoms with van der Waals surface area (Å²) in [5.74, 6) is 0. The van der Waals surface area contributed by atoms with Gasteiger partial charge in [0.25, 0.3) is 5.69 Å². The van der Waals surface area contributed by atoms with E-state index in [0.29, 0.717) is 16.5 Å². The Bertz CT molecular complexity index is 333. The maximum absolute atomic E-state index is 10.6. The number of rotatable bonds is 3. The Morgan fingerprint density at radius 3 is 2.57 bits per heavy atom. The van der Waals surface area contributed by atoms with Crippen LogP contribution in [-0.4, -0.2) is 4.92 Å². The van der Waals surface area contributed by atoms with E-state index in [1.807, 2.05) is 0 Å². The SMILES string of the molecule is [Ac].[NH-]Cc1ccc(CBr)c([N+](=O)[O-])c1. The summed E-state index contributed by atoms with van der Waals surface area (Å²) in [5.41, 5.74) is 8.46. The molecule has 0 aliphatic rings. The van der Waals surface area contributed by atoms with Gasteiger partial charge in [-0.25, -0.2) is 0 Å². The van der Waals surface area contributed by atoms with Crippen LogP contribution in [0, 0.1) is 54.2 Å². The van der Waals surface area contributed by atoms with Crippen LogP contribution in [0.2, 0.25) is 0 Å². The van der Waals surface area contributed by atoms with Crippen molar-refractivity contribution in [3.8, 4) is 0 Å². The molecule has 0 aliphatic carbocycles. The van der Waals surface area contributed by atoms with Gasteiger partial charge in [-0.3, -0.25) is 10.1 Å². The Morgan fingerprint density at radius 1 is 1.50 bits per heavy atom. The van der Waals surface area contributed by atoms with Gasteiger partial charge in [0.15, 0.2) is 0 Å². The quantitative estimate of drug-likeness (QED) is 0.387. The fraction of sp³-hybridized carbons (Fsp3) is 0.250. The molecule has 1 radical (unpaired) electrons. The first-order valence-electron chi connectivity index (χ1n) is 3.65. The number of hydrogen-bond acceptors (Lipinski definition) is 2. The molecule has 0 saturated heterocycles. The molecule has 0 aliphatic heterocycles. The first-order valence-corrected chi connectivity index (χ1v) is 4.78. The Kier molecular flexibility index (Phi) is 7.14. The van der Waals surface area contributed by atoms with Gasteiger partial charge in [0.05, 0.1) is 4.92 Å². The van der Waals surface area contributed by atoms with Gasteiger partial charge in [-0.2, -0.15) is 0 Å². The molecule has 73 valence electrons. The third-order valence-corrected chi connectivity index (χ3v) is 2.30. The minimum atomic E-state index is -0.421. The molecule has 1 aromatic carbocycles. The molecule has 0 fully saturated rings. The second-order valence-corrected chi connectivity index (χ2v) is 3.09. The number of nitro benzene ring substituents is 1. The fourth-order valence-electron chi connectivity index (χ4n) is 1.00. The zero-order valence-electron chi connectivity index (χ0n) is 7.37. The van der Waals surface area contributed by atoms with Gasteiger partial charge >= 0.3 is 0 Å². The maximum atomic E-state index is 10.6. The molecule has 1 rings (SSSR count). The largest absolute Gasteiger partial charge is 0.674 e. The van der Waals surface area contributed by atoms with Crippen molar-refractivity contribution in [2.24, 2.45) is 0 Å². The van der Waals surface area contributed by atoms with Crippen LogP contribution in [0.3, 0.4) is 0 Å². The summed E-state index contributed by atoms with van der Waals surface area (Å²) in [5, 5.41) is 11.0. The maximum Gasteiger partial charge on any atom is 0.273 e. The fourth-order valence-corrected chi connectivity index (χ4v) is 1.48. The minimum absolute atomic E-state index is 0. The second kappa shape index (κ2) is 6.89. The molecule has 4 nitrogen and oxygen atoms in total. The van der Waals surface area contributed by atoms with E-state index in [1.54, 1.807) is 12.1 Å². The van der Waals surface area contributed by atoms with Gasteiger partial charge in [-0.05, 0) is 0 Å². The van der Waals surface area contributed by atoms with E-state index in [4.69, 9.17) is 5.73 Å². The van der Waals surface area contributed by atoms with Gasteiger partial charge in [0, 0.05) is 61.0 Å². The van der Waals surface area contributed by atoms with Crippen molar-refractivity contribution in [3.05, 3.63) is 45.2 Å². The van der Waals surface area contributed by atoms with Crippen LogP contribution in [0.4, 0.5) is 5.69 Å². The Balaban J connectivity index is 0.00000169. The van der Waals surface area contributed by atoms with Crippen LogP contribution < -0.4 is 0 Å². The van der Waals surface area contributed by atoms with Crippen molar-refractivity contribution < 1.29 is 49.0 Å². The van der Waals surface area contributed by atoms with E-state index >= 15 is 0 Å². The van der Waals surface area contributed by atoms with E-state index in [9.17, 15) is 10.1 Å². The predicted molar refractivity (Wildman–Crippen MR) is 53.8 cm³/mol. The normalized spacial score (nSPS) is 9.29. The Labute approximate surface area is 126 Å². The number of hydrogen-bond donors (Lipinski definition) is 0. The predicted octanol–water partition coefficient (Wildman–Crippen LogP) is 3.04. The third-order valence-electron chi connectivity index (χ3n) is 1.69. The summed E-state index contributed by atoms with van der Waals surface area (Å²) in [6.07, 6.45) is 0. The number of nitrogens with zero attached hydrogens (tertiary/aromatic N) is 1. The molecule has 0 amide bonds. The van der Waals surface area contributed by atoms with Crippen LogP contribution in [0.5, 0.6) is 0 Å². The molecule has 14 heavy (non-hydrogen) atoms. The molecule has 0 bridgehead atoms. The molecule has 1 N–H and O–H groups in total. The van der Waals surface area contributed by atoms with Crippen molar-refractivity contribution in [1.82, 2.24) is 0 Å². The van der Waals surface area contributed by atoms with Crippen molar-refractivity contribution in [2.45, 2.75) is 11.9 Å². The number of nitro groups is 1. The van der Waals surface area contributed by atoms with Crippen molar-refractivity contribution >= 4 is 21.6 Å². The second-order valence-electron chi connectivity index (χ2n) is 2.53. The van der Waals surface area contributed by atoms with E-state index in [1.165, 1.54) is 6.07 Å². The van der Waals surface area contributed by atoms with Crippen molar-refractivity contribution in [3.63, 3.8) is 0 Å². The Morgan fingerprint density at radius 2 is 2.14 bits per heavy atom. The smallest absolute Gasteiger partial charge is 0.273 e. The summed E-state index contributed by atoms with van der Waals surface area (Å²) >= 11 is 3.17. The average Bonchev–Trinajstić information content (AvgIpc) is 2.16. The van der Waals surface area contributed by atoms with Gasteiger partial charge in [0.1, 0.15) is 0 Å². The van der Waals surface area contributed by atoms with Gasteiger partial charge in [-0.15, -0.1) is 6.54 Å². The van der Waals surface area contributed by atoms with Crippen LogP contribution in [0.15, 0.2) is 18.2 Å². The third kappa shape index (κ3) is 3.58. The zero-order chi connectivity index (χ0) is 9.84. The van der Waals surface area contributed by atoms with Crippen molar-refractivity contribution in [2.75, 3.05) is 0 Å². The standard InChI is InChI=1S/C8H8BrN2O2.Ac/c9-4-7-2-1-6(5-10)3-8(7)11(12)13;/h1-3,10H,4-5H2;/q-1;. The average molecular weight is 471 g/mol. The molecule has 0 spiro atoms. The van der Waals surface area contributed by atoms with Crippen LogP contribution in [-0.2, 0) is 11.9 Å². The number of halogens is 1. The van der Waals surface area contributed by atoms with E-state index in [2.05, 4.69) is 15.9 Å². The number of nitrogens with one attached hydrogen (secondary N) is 1. The zero-order valence-corrected chi connectivity index (χ0v) is 13.7. The molecule has 6 heteroatoms. The van der Waals surface area contributed by atoms with E-state index < -0.39 is 4.92 Å². The van der Waals surface area contributed by atoms with E-state index in [0.717, 1.165) is 0 Å². The monoisotopic (exact) mass is 470 g/mol. The molecule has 0 saturated carbocycles. The molecule has 0 heterocycles. The van der Waals surface area contributed by atoms with E-state index in [-0.39, 0.29) is 56.3 Å². The van der Waals surface area contributed by atoms with Gasteiger partial charge < -0.3 is 5.73 Å². The summed E-state index contributed by atoms with van der Waals surface area (Å²) < 4.78 is 0. The molecule has 0 unspecified atom stereocenters. The summed E-state index contributed by atoms with van der Waals surface area (Å²) in [6.45, 7) is 0.0728. The molecular weight excluding hydrogens is 463 g/mol. The minimum Gasteiger partial charge on any atom is -0.674 e.